The summed E-state index contributed by atoms with van der Waals surface area (Å²) in [6.07, 6.45) is 0. The molecule has 8 heteroatoms. The molecule has 2 aliphatic rings. The first-order valence-electron chi connectivity index (χ1n) is 13.0. The zero-order chi connectivity index (χ0) is 26.5. The number of benzene rings is 2. The number of hydrogen-bond donors (Lipinski definition) is 1. The van der Waals surface area contributed by atoms with Crippen LogP contribution in [0.2, 0.25) is 0 Å². The Kier molecular flexibility index (Phi) is 8.28. The van der Waals surface area contributed by atoms with Crippen LogP contribution >= 0.6 is 0 Å². The fourth-order valence-corrected chi connectivity index (χ4v) is 5.11. The van der Waals surface area contributed by atoms with E-state index >= 15 is 0 Å². The van der Waals surface area contributed by atoms with Crippen molar-refractivity contribution in [2.75, 3.05) is 39.3 Å². The SMILES string of the molecule is CCOC(=O)C1=C(CN2CCN(C(=O)c3ccc(C)cc3)[C@@H](C)C2)N(CC)C(=O)N[C@@H]1c1ccccc1. The molecule has 2 aromatic rings. The van der Waals surface area contributed by atoms with Gasteiger partial charge in [0.25, 0.3) is 5.91 Å². The van der Waals surface area contributed by atoms with E-state index in [1.807, 2.05) is 80.3 Å². The van der Waals surface area contributed by atoms with Crippen molar-refractivity contribution in [3.05, 3.63) is 82.6 Å². The van der Waals surface area contributed by atoms with E-state index in [4.69, 9.17) is 4.74 Å². The van der Waals surface area contributed by atoms with E-state index in [0.717, 1.165) is 11.1 Å². The quantitative estimate of drug-likeness (QED) is 0.581. The molecule has 1 saturated heterocycles. The van der Waals surface area contributed by atoms with Gasteiger partial charge in [-0.3, -0.25) is 14.6 Å². The molecule has 4 rings (SSSR count). The minimum Gasteiger partial charge on any atom is -0.463 e. The van der Waals surface area contributed by atoms with Crippen molar-refractivity contribution in [3.63, 3.8) is 0 Å². The number of likely N-dealkylation sites (N-methyl/N-ethyl adjacent to an activating group) is 1. The lowest BCUT2D eigenvalue weighted by Crippen LogP contribution is -2.56. The first kappa shape index (κ1) is 26.4. The number of rotatable bonds is 7. The topological polar surface area (TPSA) is 82.2 Å². The molecule has 2 atom stereocenters. The monoisotopic (exact) mass is 504 g/mol. The molecule has 1 N–H and O–H groups in total. The van der Waals surface area contributed by atoms with Crippen LogP contribution in [-0.2, 0) is 9.53 Å². The van der Waals surface area contributed by atoms with E-state index < -0.39 is 12.0 Å². The predicted molar refractivity (Wildman–Crippen MR) is 142 cm³/mol. The Morgan fingerprint density at radius 1 is 1.03 bits per heavy atom. The molecule has 0 aromatic heterocycles. The van der Waals surface area contributed by atoms with Crippen molar-refractivity contribution in [2.45, 2.75) is 39.8 Å². The summed E-state index contributed by atoms with van der Waals surface area (Å²) in [6, 6.07) is 16.3. The van der Waals surface area contributed by atoms with Gasteiger partial charge in [-0.05, 0) is 45.4 Å². The molecule has 2 heterocycles. The largest absolute Gasteiger partial charge is 0.463 e. The number of nitrogens with one attached hydrogen (secondary N) is 1. The zero-order valence-electron chi connectivity index (χ0n) is 22.1. The van der Waals surface area contributed by atoms with Crippen LogP contribution in [0.1, 0.15) is 48.3 Å². The second kappa shape index (κ2) is 11.6. The van der Waals surface area contributed by atoms with Crippen LogP contribution in [0.3, 0.4) is 0 Å². The molecule has 196 valence electrons. The second-order valence-corrected chi connectivity index (χ2v) is 9.57. The van der Waals surface area contributed by atoms with Gasteiger partial charge >= 0.3 is 12.0 Å². The molecule has 37 heavy (non-hydrogen) atoms. The predicted octanol–water partition coefficient (Wildman–Crippen LogP) is 3.74. The normalized spacial score (nSPS) is 20.6. The van der Waals surface area contributed by atoms with E-state index in [9.17, 15) is 14.4 Å². The molecular formula is C29H36N4O4. The maximum Gasteiger partial charge on any atom is 0.338 e. The maximum absolute atomic E-state index is 13.3. The smallest absolute Gasteiger partial charge is 0.338 e. The number of aryl methyl sites for hydroxylation is 1. The third kappa shape index (κ3) is 5.69. The Balaban J connectivity index is 1.61. The van der Waals surface area contributed by atoms with Gasteiger partial charge in [-0.1, -0.05) is 48.0 Å². The maximum atomic E-state index is 13.3. The van der Waals surface area contributed by atoms with Crippen LogP contribution in [0, 0.1) is 6.92 Å². The number of piperazine rings is 1. The van der Waals surface area contributed by atoms with Crippen LogP contribution in [0.4, 0.5) is 4.79 Å². The Labute approximate surface area is 218 Å². The highest BCUT2D eigenvalue weighted by atomic mass is 16.5. The number of ether oxygens (including phenoxy) is 1. The molecule has 0 bridgehead atoms. The molecule has 8 nitrogen and oxygen atoms in total. The summed E-state index contributed by atoms with van der Waals surface area (Å²) in [4.78, 5) is 45.3. The number of urea groups is 1. The Hall–Kier alpha value is -3.65. The lowest BCUT2D eigenvalue weighted by atomic mass is 9.94. The molecule has 0 spiro atoms. The molecule has 0 radical (unpaired) electrons. The number of hydrogen-bond acceptors (Lipinski definition) is 5. The third-order valence-electron chi connectivity index (χ3n) is 7.03. The molecule has 3 amide bonds. The standard InChI is InChI=1S/C29H36N4O4/c1-5-32-24(25(28(35)37-6-2)26(30-29(32)36)22-10-8-7-9-11-22)19-31-16-17-33(21(4)18-31)27(34)23-14-12-20(3)13-15-23/h7-15,21,26H,5-6,16-19H2,1-4H3,(H,30,36)/t21-,26+/m0/s1. The molecule has 2 aliphatic heterocycles. The van der Waals surface area contributed by atoms with Crippen LogP contribution in [0.15, 0.2) is 65.9 Å². The minimum absolute atomic E-state index is 0.0217. The number of carbonyl (C=O) groups is 3. The first-order chi connectivity index (χ1) is 17.8. The molecule has 0 unspecified atom stereocenters. The number of nitrogens with zero attached hydrogens (tertiary/aromatic N) is 3. The van der Waals surface area contributed by atoms with E-state index in [-0.39, 0.29) is 24.6 Å². The summed E-state index contributed by atoms with van der Waals surface area (Å²) in [5, 5.41) is 3.00. The van der Waals surface area contributed by atoms with Gasteiger partial charge < -0.3 is 15.0 Å². The number of amides is 3. The Morgan fingerprint density at radius 2 is 1.73 bits per heavy atom. The summed E-state index contributed by atoms with van der Waals surface area (Å²) in [6.45, 7) is 10.6. The van der Waals surface area contributed by atoms with Crippen molar-refractivity contribution in [3.8, 4) is 0 Å². The van der Waals surface area contributed by atoms with E-state index in [0.29, 0.717) is 49.6 Å². The Morgan fingerprint density at radius 3 is 2.35 bits per heavy atom. The summed E-state index contributed by atoms with van der Waals surface area (Å²) in [7, 11) is 0. The van der Waals surface area contributed by atoms with E-state index in [1.54, 1.807) is 11.8 Å². The molecular weight excluding hydrogens is 468 g/mol. The summed E-state index contributed by atoms with van der Waals surface area (Å²) >= 11 is 0. The molecule has 2 aromatic carbocycles. The van der Waals surface area contributed by atoms with Gasteiger partial charge in [-0.25, -0.2) is 9.59 Å². The van der Waals surface area contributed by atoms with Crippen molar-refractivity contribution in [1.29, 1.82) is 0 Å². The number of esters is 1. The van der Waals surface area contributed by atoms with Crippen molar-refractivity contribution >= 4 is 17.9 Å². The van der Waals surface area contributed by atoms with E-state index in [2.05, 4.69) is 10.2 Å². The third-order valence-corrected chi connectivity index (χ3v) is 7.03. The lowest BCUT2D eigenvalue weighted by Gasteiger charge is -2.43. The molecule has 0 aliphatic carbocycles. The number of carbonyl (C=O) groups excluding carboxylic acids is 3. The van der Waals surface area contributed by atoms with Gasteiger partial charge in [0.1, 0.15) is 0 Å². The van der Waals surface area contributed by atoms with Gasteiger partial charge in [0.15, 0.2) is 0 Å². The van der Waals surface area contributed by atoms with Crippen LogP contribution in [0.25, 0.3) is 0 Å². The highest BCUT2D eigenvalue weighted by molar-refractivity contribution is 5.95. The molecule has 1 fully saturated rings. The van der Waals surface area contributed by atoms with Gasteiger partial charge in [-0.15, -0.1) is 0 Å². The average Bonchev–Trinajstić information content (AvgIpc) is 2.89. The first-order valence-corrected chi connectivity index (χ1v) is 13.0. The van der Waals surface area contributed by atoms with Crippen molar-refractivity contribution < 1.29 is 19.1 Å². The van der Waals surface area contributed by atoms with Gasteiger partial charge in [0.05, 0.1) is 18.2 Å². The second-order valence-electron chi connectivity index (χ2n) is 9.57. The summed E-state index contributed by atoms with van der Waals surface area (Å²) < 4.78 is 5.46. The van der Waals surface area contributed by atoms with Crippen LogP contribution in [-0.4, -0.2) is 78.0 Å². The fourth-order valence-electron chi connectivity index (χ4n) is 5.11. The van der Waals surface area contributed by atoms with E-state index in [1.165, 1.54) is 0 Å². The highest BCUT2D eigenvalue weighted by Crippen LogP contribution is 2.32. The fraction of sp³-hybridized carbons (Fsp3) is 0.414. The highest BCUT2D eigenvalue weighted by Gasteiger charge is 2.39. The lowest BCUT2D eigenvalue weighted by molar-refractivity contribution is -0.139. The van der Waals surface area contributed by atoms with Gasteiger partial charge in [-0.2, -0.15) is 0 Å². The van der Waals surface area contributed by atoms with Gasteiger partial charge in [0.2, 0.25) is 0 Å². The van der Waals surface area contributed by atoms with Crippen molar-refractivity contribution in [2.24, 2.45) is 0 Å². The summed E-state index contributed by atoms with van der Waals surface area (Å²) in [5.74, 6) is -0.402. The zero-order valence-corrected chi connectivity index (χ0v) is 22.1. The van der Waals surface area contributed by atoms with Crippen LogP contribution in [0.5, 0.6) is 0 Å². The average molecular weight is 505 g/mol. The minimum atomic E-state index is -0.590. The van der Waals surface area contributed by atoms with Crippen molar-refractivity contribution in [1.82, 2.24) is 20.0 Å². The van der Waals surface area contributed by atoms with Crippen LogP contribution < -0.4 is 5.32 Å². The Bertz CT molecular complexity index is 1160. The van der Waals surface area contributed by atoms with Gasteiger partial charge in [0, 0.05) is 50.0 Å². The summed E-state index contributed by atoms with van der Waals surface area (Å²) in [5.41, 5.74) is 3.74. The molecule has 0 saturated carbocycles.